The van der Waals surface area contributed by atoms with Gasteiger partial charge in [-0.3, -0.25) is 14.1 Å². The first-order chi connectivity index (χ1) is 14.1. The minimum atomic E-state index is -5.19. The molecule has 9 heteroatoms. The molecule has 0 radical (unpaired) electrons. The normalized spacial score (nSPS) is 16.5. The van der Waals surface area contributed by atoms with Crippen molar-refractivity contribution < 1.29 is 85.6 Å². The second-order valence-electron chi connectivity index (χ2n) is 8.36. The molecule has 4 unspecified atom stereocenters. The number of hydrogen-bond donors (Lipinski definition) is 3. The van der Waals surface area contributed by atoms with Crippen LogP contribution in [0.1, 0.15) is 106 Å². The van der Waals surface area contributed by atoms with E-state index in [4.69, 9.17) is 0 Å². The zero-order chi connectivity index (χ0) is 23.4. The van der Waals surface area contributed by atoms with Crippen LogP contribution in [0.3, 0.4) is 0 Å². The van der Waals surface area contributed by atoms with Gasteiger partial charge < -0.3 is 11.6 Å². The third-order valence-corrected chi connectivity index (χ3v) is 8.03. The van der Waals surface area contributed by atoms with Gasteiger partial charge in [-0.25, -0.2) is 0 Å². The molecule has 0 rings (SSSR count). The molecule has 0 amide bonds. The van der Waals surface area contributed by atoms with Gasteiger partial charge in [0.15, 0.2) is 0 Å². The van der Waals surface area contributed by atoms with Gasteiger partial charge in [0.2, 0.25) is 4.75 Å². The van der Waals surface area contributed by atoms with Crippen LogP contribution in [0.2, 0.25) is 0 Å². The Balaban J connectivity index is -0.00000420. The smallest absolute Gasteiger partial charge is 1.00 e. The SMILES string of the molecule is CCCCCCC(CC)C(C(=O)O)C(C(=O)O)(C(CC)CCCCCC)S(=O)(=O)O.[H-].[K+]. The summed E-state index contributed by atoms with van der Waals surface area (Å²) in [5.74, 6) is -6.56. The van der Waals surface area contributed by atoms with Gasteiger partial charge in [-0.15, -0.1) is 0 Å². The van der Waals surface area contributed by atoms with Crippen molar-refractivity contribution in [2.24, 2.45) is 17.8 Å². The van der Waals surface area contributed by atoms with Crippen molar-refractivity contribution in [3.05, 3.63) is 0 Å². The molecule has 0 bridgehead atoms. The maximum absolute atomic E-state index is 12.6. The summed E-state index contributed by atoms with van der Waals surface area (Å²) in [5.41, 5.74) is 0. The number of hydrogen-bond acceptors (Lipinski definition) is 4. The molecule has 0 aromatic carbocycles. The van der Waals surface area contributed by atoms with Crippen molar-refractivity contribution >= 4 is 22.1 Å². The molecular formula is C22H43KO7S. The van der Waals surface area contributed by atoms with E-state index in [-0.39, 0.29) is 65.7 Å². The second-order valence-corrected chi connectivity index (χ2v) is 9.99. The fourth-order valence-corrected chi connectivity index (χ4v) is 6.30. The van der Waals surface area contributed by atoms with Gasteiger partial charge in [0.1, 0.15) is 0 Å². The maximum atomic E-state index is 12.6. The zero-order valence-corrected chi connectivity index (χ0v) is 24.0. The van der Waals surface area contributed by atoms with E-state index in [1.807, 2.05) is 6.92 Å². The van der Waals surface area contributed by atoms with Gasteiger partial charge in [0.05, 0.1) is 5.92 Å². The number of carboxylic acids is 2. The van der Waals surface area contributed by atoms with Crippen LogP contribution < -0.4 is 51.4 Å². The average molecular weight is 491 g/mol. The first kappa shape index (κ1) is 33.7. The third-order valence-electron chi connectivity index (χ3n) is 6.42. The number of rotatable bonds is 18. The van der Waals surface area contributed by atoms with Gasteiger partial charge in [-0.05, 0) is 24.7 Å². The Morgan fingerprint density at radius 1 is 0.839 bits per heavy atom. The molecule has 180 valence electrons. The largest absolute Gasteiger partial charge is 1.00 e. The molecule has 0 fully saturated rings. The Hall–Kier alpha value is 0.486. The molecular weight excluding hydrogens is 447 g/mol. The molecule has 0 aliphatic rings. The molecule has 0 heterocycles. The Bertz CT molecular complexity index is 630. The predicted octanol–water partition coefficient (Wildman–Crippen LogP) is 2.51. The van der Waals surface area contributed by atoms with E-state index in [1.165, 1.54) is 0 Å². The summed E-state index contributed by atoms with van der Waals surface area (Å²) in [6.45, 7) is 7.49. The topological polar surface area (TPSA) is 129 Å². The Morgan fingerprint density at radius 2 is 1.32 bits per heavy atom. The van der Waals surface area contributed by atoms with Gasteiger partial charge in [-0.1, -0.05) is 91.9 Å². The van der Waals surface area contributed by atoms with E-state index in [2.05, 4.69) is 6.92 Å². The number of unbranched alkanes of at least 4 members (excludes halogenated alkanes) is 6. The van der Waals surface area contributed by atoms with Crippen LogP contribution >= 0.6 is 0 Å². The third kappa shape index (κ3) is 9.33. The number of carbonyl (C=O) groups is 2. The minimum Gasteiger partial charge on any atom is -1.00 e. The number of aliphatic carboxylic acids is 2. The first-order valence-electron chi connectivity index (χ1n) is 11.5. The van der Waals surface area contributed by atoms with Crippen molar-refractivity contribution in [3.8, 4) is 0 Å². The van der Waals surface area contributed by atoms with Crippen molar-refractivity contribution in [1.82, 2.24) is 0 Å². The summed E-state index contributed by atoms with van der Waals surface area (Å²) < 4.78 is 32.7. The van der Waals surface area contributed by atoms with Gasteiger partial charge in [0.25, 0.3) is 10.1 Å². The van der Waals surface area contributed by atoms with Crippen molar-refractivity contribution in [1.29, 1.82) is 0 Å². The molecule has 0 spiro atoms. The summed E-state index contributed by atoms with van der Waals surface area (Å²) in [4.78, 5) is 24.8. The molecule has 0 saturated heterocycles. The van der Waals surface area contributed by atoms with Crippen LogP contribution in [0.4, 0.5) is 0 Å². The summed E-state index contributed by atoms with van der Waals surface area (Å²) >= 11 is 0. The average Bonchev–Trinajstić information content (AvgIpc) is 2.66. The Labute approximate surface area is 232 Å². The molecule has 0 aliphatic heterocycles. The van der Waals surface area contributed by atoms with Crippen molar-refractivity contribution in [2.75, 3.05) is 0 Å². The van der Waals surface area contributed by atoms with E-state index in [0.717, 1.165) is 38.5 Å². The zero-order valence-electron chi connectivity index (χ0n) is 21.1. The first-order valence-corrected chi connectivity index (χ1v) is 12.9. The maximum Gasteiger partial charge on any atom is 1.00 e. The van der Waals surface area contributed by atoms with Gasteiger partial charge in [0, 0.05) is 0 Å². The fourth-order valence-electron chi connectivity index (χ4n) is 4.76. The summed E-state index contributed by atoms with van der Waals surface area (Å²) in [6.07, 6.45) is 8.01. The van der Waals surface area contributed by atoms with Crippen molar-refractivity contribution in [3.63, 3.8) is 0 Å². The monoisotopic (exact) mass is 490 g/mol. The van der Waals surface area contributed by atoms with E-state index >= 15 is 0 Å². The fraction of sp³-hybridized carbons (Fsp3) is 0.909. The van der Waals surface area contributed by atoms with E-state index in [9.17, 15) is 32.8 Å². The summed E-state index contributed by atoms with van der Waals surface area (Å²) in [6, 6.07) is 0. The van der Waals surface area contributed by atoms with Crippen LogP contribution in [-0.2, 0) is 19.7 Å². The molecule has 3 N–H and O–H groups in total. The summed E-state index contributed by atoms with van der Waals surface area (Å²) in [5, 5.41) is 20.2. The Morgan fingerprint density at radius 3 is 1.65 bits per heavy atom. The molecule has 0 saturated carbocycles. The van der Waals surface area contributed by atoms with Crippen molar-refractivity contribution in [2.45, 2.75) is 109 Å². The number of carboxylic acid groups (broad SMARTS) is 2. The minimum absolute atomic E-state index is 0. The Kier molecular flexibility index (Phi) is 18.5. The quantitative estimate of drug-likeness (QED) is 0.153. The predicted molar refractivity (Wildman–Crippen MR) is 119 cm³/mol. The van der Waals surface area contributed by atoms with Crippen LogP contribution in [-0.4, -0.2) is 39.9 Å². The van der Waals surface area contributed by atoms with E-state index in [0.29, 0.717) is 25.7 Å². The van der Waals surface area contributed by atoms with Crippen LogP contribution in [0.5, 0.6) is 0 Å². The van der Waals surface area contributed by atoms with Gasteiger partial charge >= 0.3 is 63.3 Å². The molecule has 31 heavy (non-hydrogen) atoms. The van der Waals surface area contributed by atoms with Crippen LogP contribution in [0.15, 0.2) is 0 Å². The van der Waals surface area contributed by atoms with Crippen LogP contribution in [0.25, 0.3) is 0 Å². The summed E-state index contributed by atoms with van der Waals surface area (Å²) in [7, 11) is -5.19. The second kappa shape index (κ2) is 17.0. The molecule has 7 nitrogen and oxygen atoms in total. The molecule has 4 atom stereocenters. The van der Waals surface area contributed by atoms with Gasteiger partial charge in [-0.2, -0.15) is 8.42 Å². The van der Waals surface area contributed by atoms with Crippen LogP contribution in [0, 0.1) is 17.8 Å². The molecule has 0 aromatic heterocycles. The van der Waals surface area contributed by atoms with E-state index < -0.39 is 44.6 Å². The standard InChI is InChI=1S/C22H42O7S.K.H/c1-5-9-11-13-15-17(7-3)19(20(23)24)22(21(25)26,30(27,28)29)18(8-4)16-14-12-10-6-2;;/h17-19H,5-16H2,1-4H3,(H,23,24)(H,25,26)(H,27,28,29);;/q;+1;-1. The molecule has 0 aliphatic carbocycles. The molecule has 0 aromatic rings. The van der Waals surface area contributed by atoms with E-state index in [1.54, 1.807) is 13.8 Å².